The van der Waals surface area contributed by atoms with Gasteiger partial charge in [0.15, 0.2) is 0 Å². The van der Waals surface area contributed by atoms with Gasteiger partial charge in [-0.3, -0.25) is 0 Å². The van der Waals surface area contributed by atoms with Crippen LogP contribution in [0.2, 0.25) is 0 Å². The van der Waals surface area contributed by atoms with E-state index in [1.807, 2.05) is 0 Å². The summed E-state index contributed by atoms with van der Waals surface area (Å²) in [6, 6.07) is 9.88. The molecule has 1 saturated carbocycles. The second-order valence-corrected chi connectivity index (χ2v) is 9.02. The first-order valence-corrected chi connectivity index (χ1v) is 11.0. The van der Waals surface area contributed by atoms with Crippen LogP contribution in [0, 0.1) is 0 Å². The molecule has 0 aromatic heterocycles. The van der Waals surface area contributed by atoms with Crippen molar-refractivity contribution < 1.29 is 31.1 Å². The summed E-state index contributed by atoms with van der Waals surface area (Å²) in [5, 5.41) is 0. The summed E-state index contributed by atoms with van der Waals surface area (Å²) in [6.45, 7) is 2.36. The fraction of sp³-hybridized carbons (Fsp3) is 0.429. The number of ether oxygens (including phenoxy) is 2. The quantitative estimate of drug-likeness (QED) is 0.530. The summed E-state index contributed by atoms with van der Waals surface area (Å²) in [5.41, 5.74) is -0.489. The van der Waals surface area contributed by atoms with Crippen molar-refractivity contribution in [2.45, 2.75) is 42.9 Å². The summed E-state index contributed by atoms with van der Waals surface area (Å²) in [6.07, 6.45) is -3.13. The van der Waals surface area contributed by atoms with E-state index >= 15 is 0 Å². The van der Waals surface area contributed by atoms with Gasteiger partial charge in [-0.05, 0) is 61.7 Å². The molecule has 30 heavy (non-hydrogen) atoms. The molecule has 2 aromatic carbocycles. The second-order valence-electron chi connectivity index (χ2n) is 7.18. The molecule has 0 amide bonds. The summed E-state index contributed by atoms with van der Waals surface area (Å²) >= 11 is 0. The lowest BCUT2D eigenvalue weighted by molar-refractivity contribution is -0.137. The molecule has 1 aliphatic carbocycles. The monoisotopic (exact) mass is 443 g/mol. The van der Waals surface area contributed by atoms with Crippen LogP contribution in [0.1, 0.15) is 36.9 Å². The van der Waals surface area contributed by atoms with Gasteiger partial charge in [0.05, 0.1) is 17.1 Å². The highest BCUT2D eigenvalue weighted by Gasteiger charge is 2.42. The van der Waals surface area contributed by atoms with Crippen LogP contribution in [0.3, 0.4) is 0 Å². The van der Waals surface area contributed by atoms with Gasteiger partial charge in [0.2, 0.25) is 10.0 Å². The van der Waals surface area contributed by atoms with Crippen molar-refractivity contribution in [3.05, 3.63) is 59.7 Å². The average Bonchev–Trinajstić information content (AvgIpc) is 3.53. The SMILES string of the molecule is COCCOc1ccc(S(=O)(=O)N(C2CC2)[C@@H](C)c2cccc(C(F)(F)F)c2)cc1. The van der Waals surface area contributed by atoms with Crippen LogP contribution in [0.25, 0.3) is 0 Å². The third-order valence-electron chi connectivity index (χ3n) is 4.94. The third-order valence-corrected chi connectivity index (χ3v) is 6.98. The van der Waals surface area contributed by atoms with Crippen LogP contribution in [-0.4, -0.2) is 39.1 Å². The van der Waals surface area contributed by atoms with Crippen LogP contribution in [0.4, 0.5) is 13.2 Å². The van der Waals surface area contributed by atoms with Crippen LogP contribution in [0.15, 0.2) is 53.4 Å². The Labute approximate surface area is 174 Å². The van der Waals surface area contributed by atoms with Gasteiger partial charge in [0, 0.05) is 19.2 Å². The molecule has 2 aromatic rings. The van der Waals surface area contributed by atoms with E-state index in [1.54, 1.807) is 26.2 Å². The minimum atomic E-state index is -4.49. The normalized spacial score (nSPS) is 15.9. The number of sulfonamides is 1. The molecular weight excluding hydrogens is 419 g/mol. The number of hydrogen-bond acceptors (Lipinski definition) is 4. The van der Waals surface area contributed by atoms with E-state index in [0.29, 0.717) is 37.4 Å². The molecule has 0 spiro atoms. The Kier molecular flexibility index (Phi) is 6.74. The number of alkyl halides is 3. The molecule has 3 rings (SSSR count). The van der Waals surface area contributed by atoms with E-state index in [1.165, 1.54) is 28.6 Å². The van der Waals surface area contributed by atoms with Crippen LogP contribution in [-0.2, 0) is 20.9 Å². The van der Waals surface area contributed by atoms with Gasteiger partial charge < -0.3 is 9.47 Å². The zero-order chi connectivity index (χ0) is 21.9. The van der Waals surface area contributed by atoms with Crippen molar-refractivity contribution in [3.63, 3.8) is 0 Å². The smallest absolute Gasteiger partial charge is 0.416 e. The average molecular weight is 443 g/mol. The lowest BCUT2D eigenvalue weighted by Crippen LogP contribution is -2.35. The topological polar surface area (TPSA) is 55.8 Å². The molecule has 5 nitrogen and oxygen atoms in total. The van der Waals surface area contributed by atoms with Crippen molar-refractivity contribution >= 4 is 10.0 Å². The Morgan fingerprint density at radius 3 is 2.33 bits per heavy atom. The summed E-state index contributed by atoms with van der Waals surface area (Å²) in [5.74, 6) is 0.509. The van der Waals surface area contributed by atoms with Gasteiger partial charge in [-0.15, -0.1) is 0 Å². The minimum Gasteiger partial charge on any atom is -0.491 e. The molecule has 1 aliphatic rings. The maximum absolute atomic E-state index is 13.3. The molecule has 0 bridgehead atoms. The molecule has 164 valence electrons. The van der Waals surface area contributed by atoms with Crippen molar-refractivity contribution in [2.75, 3.05) is 20.3 Å². The maximum Gasteiger partial charge on any atom is 0.416 e. The molecular formula is C21H24F3NO4S. The van der Waals surface area contributed by atoms with Crippen LogP contribution in [0.5, 0.6) is 5.75 Å². The number of hydrogen-bond donors (Lipinski definition) is 0. The highest BCUT2D eigenvalue weighted by molar-refractivity contribution is 7.89. The molecule has 0 unspecified atom stereocenters. The number of halogens is 3. The fourth-order valence-electron chi connectivity index (χ4n) is 3.24. The van der Waals surface area contributed by atoms with Crippen LogP contribution >= 0.6 is 0 Å². The molecule has 1 atom stereocenters. The number of methoxy groups -OCH3 is 1. The molecule has 9 heteroatoms. The lowest BCUT2D eigenvalue weighted by Gasteiger charge is -2.29. The Morgan fingerprint density at radius 1 is 1.10 bits per heavy atom. The standard InChI is InChI=1S/C21H24F3NO4S/c1-15(16-4-3-5-17(14-16)21(22,23)24)25(18-6-7-18)30(26,27)20-10-8-19(9-11-20)29-13-12-28-2/h3-5,8-11,14-15,18H,6-7,12-13H2,1-2H3/t15-/m0/s1. The zero-order valence-corrected chi connectivity index (χ0v) is 17.5. The third kappa shape index (κ3) is 5.14. The van der Waals surface area contributed by atoms with E-state index in [9.17, 15) is 21.6 Å². The van der Waals surface area contributed by atoms with E-state index in [-0.39, 0.29) is 10.9 Å². The minimum absolute atomic E-state index is 0.0762. The Hall–Kier alpha value is -2.10. The summed E-state index contributed by atoms with van der Waals surface area (Å²) in [7, 11) is -2.35. The van der Waals surface area contributed by atoms with E-state index in [2.05, 4.69) is 0 Å². The predicted octanol–water partition coefficient (Wildman–Crippen LogP) is 4.64. The van der Waals surface area contributed by atoms with Crippen molar-refractivity contribution in [1.29, 1.82) is 0 Å². The van der Waals surface area contributed by atoms with Gasteiger partial charge in [0.25, 0.3) is 0 Å². The molecule has 0 N–H and O–H groups in total. The van der Waals surface area contributed by atoms with Crippen molar-refractivity contribution in [1.82, 2.24) is 4.31 Å². The fourth-order valence-corrected chi connectivity index (χ4v) is 5.11. The zero-order valence-electron chi connectivity index (χ0n) is 16.7. The first-order chi connectivity index (χ1) is 14.1. The molecule has 0 aliphatic heterocycles. The largest absolute Gasteiger partial charge is 0.491 e. The number of rotatable bonds is 9. The molecule has 0 saturated heterocycles. The van der Waals surface area contributed by atoms with E-state index in [0.717, 1.165) is 12.1 Å². The lowest BCUT2D eigenvalue weighted by atomic mass is 10.0. The molecule has 1 fully saturated rings. The van der Waals surface area contributed by atoms with Crippen molar-refractivity contribution in [2.24, 2.45) is 0 Å². The van der Waals surface area contributed by atoms with Crippen LogP contribution < -0.4 is 4.74 Å². The maximum atomic E-state index is 13.3. The molecule has 0 radical (unpaired) electrons. The predicted molar refractivity (Wildman–Crippen MR) is 106 cm³/mol. The number of nitrogens with zero attached hydrogens (tertiary/aromatic N) is 1. The van der Waals surface area contributed by atoms with E-state index in [4.69, 9.17) is 9.47 Å². The van der Waals surface area contributed by atoms with Gasteiger partial charge >= 0.3 is 6.18 Å². The first-order valence-electron chi connectivity index (χ1n) is 9.57. The van der Waals surface area contributed by atoms with E-state index < -0.39 is 27.8 Å². The first kappa shape index (κ1) is 22.6. The second kappa shape index (κ2) is 8.95. The summed E-state index contributed by atoms with van der Waals surface area (Å²) < 4.78 is 77.6. The summed E-state index contributed by atoms with van der Waals surface area (Å²) in [4.78, 5) is 0.0762. The van der Waals surface area contributed by atoms with Crippen molar-refractivity contribution in [3.8, 4) is 5.75 Å². The molecule has 0 heterocycles. The van der Waals surface area contributed by atoms with Gasteiger partial charge in [-0.2, -0.15) is 17.5 Å². The Balaban J connectivity index is 1.87. The Bertz CT molecular complexity index is 957. The highest BCUT2D eigenvalue weighted by Crippen LogP contribution is 2.40. The van der Waals surface area contributed by atoms with Gasteiger partial charge in [0.1, 0.15) is 12.4 Å². The number of benzene rings is 2. The Morgan fingerprint density at radius 2 is 1.77 bits per heavy atom. The highest BCUT2D eigenvalue weighted by atomic mass is 32.2. The van der Waals surface area contributed by atoms with Gasteiger partial charge in [-0.25, -0.2) is 8.42 Å². The van der Waals surface area contributed by atoms with Gasteiger partial charge in [-0.1, -0.05) is 12.1 Å².